The molecule has 0 heterocycles. The summed E-state index contributed by atoms with van der Waals surface area (Å²) in [4.78, 5) is 32.5. The van der Waals surface area contributed by atoms with Crippen molar-refractivity contribution >= 4 is 42.7 Å². The number of unbranched alkanes of at least 4 members (excludes halogenated alkanes) is 14. The number of aliphatic hydroxyl groups is 2. The molecule has 0 radical (unpaired) electrons. The second kappa shape index (κ2) is 21.6. The van der Waals surface area contributed by atoms with E-state index >= 15 is 0 Å². The van der Waals surface area contributed by atoms with Crippen LogP contribution in [0.2, 0.25) is 0 Å². The molecule has 0 spiro atoms. The quantitative estimate of drug-likeness (QED) is 0.149. The molecule has 0 aromatic heterocycles. The number of aliphatic hydroxyl groups excluding tert-OH is 1. The molecule has 0 aliphatic heterocycles. The molecule has 178 valence electrons. The van der Waals surface area contributed by atoms with Crippen molar-refractivity contribution in [3.63, 3.8) is 0 Å². The van der Waals surface area contributed by atoms with Crippen LogP contribution >= 0.6 is 0 Å². The molecule has 0 amide bonds. The molecule has 2 atom stereocenters. The van der Waals surface area contributed by atoms with Gasteiger partial charge in [-0.1, -0.05) is 51.9 Å². The van der Waals surface area contributed by atoms with Crippen molar-refractivity contribution in [2.45, 2.75) is 135 Å². The van der Waals surface area contributed by atoms with E-state index in [0.29, 0.717) is 6.42 Å². The first-order chi connectivity index (χ1) is 14.6. The third-order valence-corrected chi connectivity index (χ3v) is 6.57. The Kier molecular flexibility index (Phi) is 22.9. The van der Waals surface area contributed by atoms with Gasteiger partial charge in [-0.15, -0.1) is 0 Å². The Morgan fingerprint density at radius 2 is 1.06 bits per heavy atom. The SMILES string of the molecule is CC(O)C(=O)O.CCCCCCCCCCCCCCCCCC(=O)C(C)(O)[C](=O)[Na]. The molecule has 0 aromatic carbocycles. The Morgan fingerprint density at radius 1 is 0.774 bits per heavy atom. The number of carbonyl (C=O) groups excluding carboxylic acids is 2. The Bertz CT molecular complexity index is 477. The zero-order chi connectivity index (χ0) is 24.1. The van der Waals surface area contributed by atoms with Gasteiger partial charge in [0.2, 0.25) is 0 Å². The number of carbonyl (C=O) groups is 3. The molecule has 0 saturated heterocycles. The summed E-state index contributed by atoms with van der Waals surface area (Å²) >= 11 is 0.227. The standard InChI is InChI=1S/C21H39O3.C3H6O3.Na/c1-3-4-5-6-7-8-9-10-11-12-13-14-15-16-17-18-20(23)21(2,24)19-22;1-2(4)3(5)6;/h24H,3-18H2,1-2H3;2,4H,1H3,(H,5,6);. The molecule has 0 aliphatic rings. The average Bonchev–Trinajstić information content (AvgIpc) is 2.70. The average molecular weight is 453 g/mol. The molecule has 0 aliphatic carbocycles. The van der Waals surface area contributed by atoms with E-state index < -0.39 is 17.7 Å². The number of carboxylic acids is 1. The van der Waals surface area contributed by atoms with Crippen LogP contribution in [-0.2, 0) is 14.4 Å². The van der Waals surface area contributed by atoms with Crippen molar-refractivity contribution in [1.82, 2.24) is 0 Å². The van der Waals surface area contributed by atoms with Gasteiger partial charge in [0.15, 0.2) is 0 Å². The van der Waals surface area contributed by atoms with Crippen molar-refractivity contribution in [3.05, 3.63) is 0 Å². The molecule has 0 bridgehead atoms. The van der Waals surface area contributed by atoms with E-state index in [-0.39, 0.29) is 36.7 Å². The van der Waals surface area contributed by atoms with Crippen LogP contribution in [0.15, 0.2) is 0 Å². The van der Waals surface area contributed by atoms with E-state index in [1.54, 1.807) is 0 Å². The van der Waals surface area contributed by atoms with Gasteiger partial charge < -0.3 is 10.2 Å². The van der Waals surface area contributed by atoms with Crippen LogP contribution in [0.5, 0.6) is 0 Å². The number of carboxylic acid groups (broad SMARTS) is 1. The predicted octanol–water partition coefficient (Wildman–Crippen LogP) is 4.71. The summed E-state index contributed by atoms with van der Waals surface area (Å²) in [5, 5.41) is 25.6. The number of hydrogen-bond donors (Lipinski definition) is 3. The molecule has 7 heteroatoms. The number of hydrogen-bond acceptors (Lipinski definition) is 5. The van der Waals surface area contributed by atoms with Gasteiger partial charge in [0.05, 0.1) is 0 Å². The van der Waals surface area contributed by atoms with E-state index in [1.807, 2.05) is 0 Å². The van der Waals surface area contributed by atoms with E-state index in [0.717, 1.165) is 19.3 Å². The van der Waals surface area contributed by atoms with Crippen LogP contribution in [0.25, 0.3) is 0 Å². The summed E-state index contributed by atoms with van der Waals surface area (Å²) in [5.41, 5.74) is -1.72. The fourth-order valence-electron chi connectivity index (χ4n) is 3.10. The fraction of sp³-hybridized carbons (Fsp3) is 0.875. The Hall–Kier alpha value is -0.270. The fourth-order valence-corrected chi connectivity index (χ4v) is 3.38. The summed E-state index contributed by atoms with van der Waals surface area (Å²) in [6.45, 7) is 4.80. The maximum atomic E-state index is 11.8. The van der Waals surface area contributed by atoms with Crippen LogP contribution in [-0.4, -0.2) is 69.7 Å². The third-order valence-electron chi connectivity index (χ3n) is 5.59. The first-order valence-corrected chi connectivity index (χ1v) is 13.2. The number of rotatable bonds is 19. The molecule has 0 aromatic rings. The van der Waals surface area contributed by atoms with Crippen LogP contribution in [0, 0.1) is 0 Å². The number of Topliss-reactive ketones (excluding diaryl/α,β-unsaturated/α-hetero) is 1. The van der Waals surface area contributed by atoms with Gasteiger partial charge >= 0.3 is 128 Å². The molecule has 0 saturated carbocycles. The summed E-state index contributed by atoms with van der Waals surface area (Å²) in [6, 6.07) is 0. The molecular weight excluding hydrogens is 407 g/mol. The van der Waals surface area contributed by atoms with Gasteiger partial charge in [-0.2, -0.15) is 0 Å². The van der Waals surface area contributed by atoms with E-state index in [2.05, 4.69) is 6.92 Å². The Labute approximate surface area is 207 Å². The first kappa shape index (κ1) is 32.9. The van der Waals surface area contributed by atoms with E-state index in [4.69, 9.17) is 10.2 Å². The third kappa shape index (κ3) is 21.3. The zero-order valence-corrected chi connectivity index (χ0v) is 22.5. The van der Waals surface area contributed by atoms with Crippen molar-refractivity contribution in [2.75, 3.05) is 0 Å². The van der Waals surface area contributed by atoms with E-state index in [1.165, 1.54) is 90.9 Å². The molecule has 2 unspecified atom stereocenters. The van der Waals surface area contributed by atoms with Gasteiger partial charge in [0.1, 0.15) is 6.10 Å². The second-order valence-electron chi connectivity index (χ2n) is 8.77. The molecule has 31 heavy (non-hydrogen) atoms. The maximum absolute atomic E-state index is 11.8. The number of ketones is 1. The topological polar surface area (TPSA) is 112 Å². The van der Waals surface area contributed by atoms with Crippen LogP contribution in [0.4, 0.5) is 0 Å². The van der Waals surface area contributed by atoms with Crippen molar-refractivity contribution in [2.24, 2.45) is 0 Å². The minimum atomic E-state index is -1.72. The minimum absolute atomic E-state index is 0.227. The van der Waals surface area contributed by atoms with Crippen LogP contribution in [0.1, 0.15) is 124 Å². The van der Waals surface area contributed by atoms with Gasteiger partial charge in [0, 0.05) is 0 Å². The zero-order valence-electron chi connectivity index (χ0n) is 20.5. The normalized spacial score (nSPS) is 13.6. The molecular formula is C24H45NaO6. The predicted molar refractivity (Wildman–Crippen MR) is 125 cm³/mol. The van der Waals surface area contributed by atoms with Gasteiger partial charge in [-0.25, -0.2) is 4.79 Å². The van der Waals surface area contributed by atoms with E-state index in [9.17, 15) is 19.5 Å². The summed E-state index contributed by atoms with van der Waals surface area (Å²) in [7, 11) is 0. The monoisotopic (exact) mass is 452 g/mol. The van der Waals surface area contributed by atoms with Crippen molar-refractivity contribution in [3.8, 4) is 0 Å². The summed E-state index contributed by atoms with van der Waals surface area (Å²) in [6.07, 6.45) is 18.4. The second-order valence-corrected chi connectivity index (χ2v) is 9.67. The molecule has 0 rings (SSSR count). The Morgan fingerprint density at radius 3 is 1.32 bits per heavy atom. The van der Waals surface area contributed by atoms with Gasteiger partial charge in [0.25, 0.3) is 0 Å². The molecule has 0 fully saturated rings. The first-order valence-electron chi connectivity index (χ1n) is 12.2. The van der Waals surface area contributed by atoms with Crippen molar-refractivity contribution < 1.29 is 29.7 Å². The van der Waals surface area contributed by atoms with Gasteiger partial charge in [-0.3, -0.25) is 0 Å². The van der Waals surface area contributed by atoms with Crippen molar-refractivity contribution in [1.29, 1.82) is 0 Å². The van der Waals surface area contributed by atoms with Gasteiger partial charge in [-0.05, 0) is 6.92 Å². The summed E-state index contributed by atoms with van der Waals surface area (Å²) < 4.78 is -0.321. The van der Waals surface area contributed by atoms with Crippen LogP contribution < -0.4 is 0 Å². The summed E-state index contributed by atoms with van der Waals surface area (Å²) in [5.74, 6) is -1.49. The van der Waals surface area contributed by atoms with Crippen LogP contribution in [0.3, 0.4) is 0 Å². The molecule has 3 N–H and O–H groups in total. The molecule has 6 nitrogen and oxygen atoms in total. The Balaban J connectivity index is 0. The number of aliphatic carboxylic acids is 1.